The highest BCUT2D eigenvalue weighted by Gasteiger charge is 2.21. The second-order valence-electron chi connectivity index (χ2n) is 4.93. The van der Waals surface area contributed by atoms with Crippen LogP contribution in [0.3, 0.4) is 0 Å². The van der Waals surface area contributed by atoms with Gasteiger partial charge in [0.2, 0.25) is 0 Å². The number of carbonyl (C=O) groups is 1. The van der Waals surface area contributed by atoms with Crippen LogP contribution in [0.1, 0.15) is 50.0 Å². The average Bonchev–Trinajstić information content (AvgIpc) is 2.23. The van der Waals surface area contributed by atoms with Crippen molar-refractivity contribution in [3.8, 4) is 5.75 Å². The minimum absolute atomic E-state index is 0.0293. The summed E-state index contributed by atoms with van der Waals surface area (Å²) in [7, 11) is 0. The zero-order valence-electron chi connectivity index (χ0n) is 11.3. The molecule has 0 atom stereocenters. The summed E-state index contributed by atoms with van der Waals surface area (Å²) in [6.45, 7) is 9.49. The molecular weight excluding hydrogens is 214 g/mol. The predicted octanol–water partition coefficient (Wildman–Crippen LogP) is 3.35. The summed E-state index contributed by atoms with van der Waals surface area (Å²) in [6, 6.07) is 3.48. The Hall–Kier alpha value is -1.51. The molecule has 0 fully saturated rings. The van der Waals surface area contributed by atoms with Crippen molar-refractivity contribution >= 4 is 11.5 Å². The lowest BCUT2D eigenvalue weighted by molar-refractivity contribution is 0.0994. The molecule has 0 aliphatic heterocycles. The van der Waals surface area contributed by atoms with Crippen molar-refractivity contribution in [1.82, 2.24) is 0 Å². The number of ketones is 1. The van der Waals surface area contributed by atoms with E-state index < -0.39 is 0 Å². The van der Waals surface area contributed by atoms with Gasteiger partial charge in [-0.1, -0.05) is 6.92 Å². The van der Waals surface area contributed by atoms with Gasteiger partial charge in [-0.2, -0.15) is 0 Å². The van der Waals surface area contributed by atoms with Crippen LogP contribution in [0.5, 0.6) is 5.75 Å². The first kappa shape index (κ1) is 13.6. The largest absolute Gasteiger partial charge is 0.485 e. The van der Waals surface area contributed by atoms with E-state index in [2.05, 4.69) is 6.92 Å². The second-order valence-corrected chi connectivity index (χ2v) is 4.93. The van der Waals surface area contributed by atoms with E-state index >= 15 is 0 Å². The van der Waals surface area contributed by atoms with Crippen molar-refractivity contribution in [3.63, 3.8) is 0 Å². The lowest BCUT2D eigenvalue weighted by atomic mass is 10.0. The Morgan fingerprint density at radius 2 is 2.00 bits per heavy atom. The Kier molecular flexibility index (Phi) is 3.81. The Bertz CT molecular complexity index is 436. The number of ether oxygens (including phenoxy) is 1. The van der Waals surface area contributed by atoms with Crippen molar-refractivity contribution in [1.29, 1.82) is 0 Å². The number of Topliss-reactive ketones (excluding diaryl/α,β-unsaturated/α-hetero) is 1. The first-order valence-electron chi connectivity index (χ1n) is 5.87. The molecule has 0 bridgehead atoms. The van der Waals surface area contributed by atoms with E-state index in [1.165, 1.54) is 0 Å². The molecule has 1 aromatic rings. The molecule has 2 N–H and O–H groups in total. The van der Waals surface area contributed by atoms with Crippen LogP contribution in [0, 0.1) is 6.92 Å². The molecule has 1 aromatic carbocycles. The first-order chi connectivity index (χ1) is 7.78. The van der Waals surface area contributed by atoms with Crippen LogP contribution in [0.4, 0.5) is 5.69 Å². The number of rotatable bonds is 4. The summed E-state index contributed by atoms with van der Waals surface area (Å²) in [5, 5.41) is 0. The molecule has 0 aliphatic rings. The SMILES string of the molecule is CCC(C)(C)Oc1c(N)ccc(C(C)=O)c1C. The van der Waals surface area contributed by atoms with Gasteiger partial charge in [-0.3, -0.25) is 4.79 Å². The van der Waals surface area contributed by atoms with Gasteiger partial charge in [-0.25, -0.2) is 0 Å². The van der Waals surface area contributed by atoms with E-state index in [4.69, 9.17) is 10.5 Å². The third-order valence-electron chi connectivity index (χ3n) is 3.05. The molecule has 0 radical (unpaired) electrons. The maximum atomic E-state index is 11.5. The molecule has 3 heteroatoms. The molecule has 0 aromatic heterocycles. The molecule has 3 nitrogen and oxygen atoms in total. The molecule has 0 saturated carbocycles. The van der Waals surface area contributed by atoms with Crippen LogP contribution in [0.25, 0.3) is 0 Å². The maximum Gasteiger partial charge on any atom is 0.160 e. The Balaban J connectivity index is 3.23. The lowest BCUT2D eigenvalue weighted by Gasteiger charge is -2.27. The van der Waals surface area contributed by atoms with E-state index in [1.54, 1.807) is 19.1 Å². The topological polar surface area (TPSA) is 52.3 Å². The number of benzene rings is 1. The number of nitrogen functional groups attached to an aromatic ring is 1. The maximum absolute atomic E-state index is 11.5. The highest BCUT2D eigenvalue weighted by atomic mass is 16.5. The van der Waals surface area contributed by atoms with Crippen LogP contribution in [0.15, 0.2) is 12.1 Å². The zero-order valence-corrected chi connectivity index (χ0v) is 11.3. The van der Waals surface area contributed by atoms with Crippen molar-refractivity contribution in [3.05, 3.63) is 23.3 Å². The van der Waals surface area contributed by atoms with E-state index in [0.29, 0.717) is 17.0 Å². The van der Waals surface area contributed by atoms with Crippen molar-refractivity contribution in [2.75, 3.05) is 5.73 Å². The van der Waals surface area contributed by atoms with Crippen molar-refractivity contribution in [2.45, 2.75) is 46.6 Å². The number of hydrogen-bond acceptors (Lipinski definition) is 3. The van der Waals surface area contributed by atoms with Crippen LogP contribution in [0.2, 0.25) is 0 Å². The summed E-state index contributed by atoms with van der Waals surface area (Å²) in [4.78, 5) is 11.5. The number of anilines is 1. The van der Waals surface area contributed by atoms with Gasteiger partial charge in [0.25, 0.3) is 0 Å². The van der Waals surface area contributed by atoms with Gasteiger partial charge >= 0.3 is 0 Å². The van der Waals surface area contributed by atoms with Crippen LogP contribution in [-0.4, -0.2) is 11.4 Å². The summed E-state index contributed by atoms with van der Waals surface area (Å²) < 4.78 is 5.93. The van der Waals surface area contributed by atoms with Gasteiger partial charge in [0.1, 0.15) is 11.4 Å². The Morgan fingerprint density at radius 3 is 2.47 bits per heavy atom. The number of carbonyl (C=O) groups excluding carboxylic acids is 1. The third kappa shape index (κ3) is 2.99. The normalized spacial score (nSPS) is 11.4. The standard InChI is InChI=1S/C14H21NO2/c1-6-14(4,5)17-13-9(2)11(10(3)16)7-8-12(13)15/h7-8H,6,15H2,1-5H3. The fraction of sp³-hybridized carbons (Fsp3) is 0.500. The minimum Gasteiger partial charge on any atom is -0.485 e. The smallest absolute Gasteiger partial charge is 0.160 e. The van der Waals surface area contributed by atoms with Crippen molar-refractivity contribution in [2.24, 2.45) is 0 Å². The van der Waals surface area contributed by atoms with Crippen LogP contribution in [-0.2, 0) is 0 Å². The molecule has 0 aliphatic carbocycles. The van der Waals surface area contributed by atoms with Crippen molar-refractivity contribution < 1.29 is 9.53 Å². The third-order valence-corrected chi connectivity index (χ3v) is 3.05. The summed E-state index contributed by atoms with van der Waals surface area (Å²) in [5.74, 6) is 0.659. The second kappa shape index (κ2) is 4.78. The van der Waals surface area contributed by atoms with Gasteiger partial charge in [0.15, 0.2) is 5.78 Å². The van der Waals surface area contributed by atoms with Gasteiger partial charge in [-0.15, -0.1) is 0 Å². The average molecular weight is 235 g/mol. The molecule has 0 amide bonds. The first-order valence-corrected chi connectivity index (χ1v) is 5.87. The monoisotopic (exact) mass is 235 g/mol. The van der Waals surface area contributed by atoms with Gasteiger partial charge in [0, 0.05) is 11.1 Å². The van der Waals surface area contributed by atoms with Crippen LogP contribution >= 0.6 is 0 Å². The molecule has 1 rings (SSSR count). The summed E-state index contributed by atoms with van der Waals surface area (Å²) in [6.07, 6.45) is 0.871. The summed E-state index contributed by atoms with van der Waals surface area (Å²) >= 11 is 0. The van der Waals surface area contributed by atoms with E-state index in [1.807, 2.05) is 20.8 Å². The molecule has 0 unspecified atom stereocenters. The highest BCUT2D eigenvalue weighted by Crippen LogP contribution is 2.32. The van der Waals surface area contributed by atoms with Gasteiger partial charge in [0.05, 0.1) is 5.69 Å². The zero-order chi connectivity index (χ0) is 13.2. The quantitative estimate of drug-likeness (QED) is 0.643. The fourth-order valence-electron chi connectivity index (χ4n) is 1.58. The summed E-state index contributed by atoms with van der Waals surface area (Å²) in [5.41, 5.74) is 7.70. The Labute approximate surface area is 103 Å². The highest BCUT2D eigenvalue weighted by molar-refractivity contribution is 5.96. The van der Waals surface area contributed by atoms with E-state index in [-0.39, 0.29) is 11.4 Å². The number of nitrogens with two attached hydrogens (primary N) is 1. The van der Waals surface area contributed by atoms with E-state index in [9.17, 15) is 4.79 Å². The molecule has 0 heterocycles. The molecule has 17 heavy (non-hydrogen) atoms. The Morgan fingerprint density at radius 1 is 1.41 bits per heavy atom. The molecule has 0 spiro atoms. The lowest BCUT2D eigenvalue weighted by Crippen LogP contribution is -2.28. The van der Waals surface area contributed by atoms with Gasteiger partial charge in [-0.05, 0) is 46.2 Å². The molecule has 94 valence electrons. The molecular formula is C14H21NO2. The van der Waals surface area contributed by atoms with Crippen LogP contribution < -0.4 is 10.5 Å². The number of hydrogen-bond donors (Lipinski definition) is 1. The molecule has 0 saturated heterocycles. The minimum atomic E-state index is -0.283. The predicted molar refractivity (Wildman–Crippen MR) is 70.6 cm³/mol. The van der Waals surface area contributed by atoms with Gasteiger partial charge < -0.3 is 10.5 Å². The fourth-order valence-corrected chi connectivity index (χ4v) is 1.58. The van der Waals surface area contributed by atoms with E-state index in [0.717, 1.165) is 12.0 Å².